The van der Waals surface area contributed by atoms with Crippen LogP contribution in [0.4, 0.5) is 10.1 Å². The first kappa shape index (κ1) is 19.0. The molecular formula is C18H21FN2O3S2. The van der Waals surface area contributed by atoms with Gasteiger partial charge in [-0.25, -0.2) is 12.8 Å². The number of thiophene rings is 1. The van der Waals surface area contributed by atoms with Gasteiger partial charge in [-0.2, -0.15) is 4.31 Å². The van der Waals surface area contributed by atoms with Crippen molar-refractivity contribution in [2.75, 3.05) is 18.4 Å². The molecule has 1 amide bonds. The number of nitrogens with one attached hydrogen (secondary N) is 1. The van der Waals surface area contributed by atoms with Gasteiger partial charge in [-0.05, 0) is 55.5 Å². The molecule has 0 unspecified atom stereocenters. The summed E-state index contributed by atoms with van der Waals surface area (Å²) in [6.07, 6.45) is 1.69. The van der Waals surface area contributed by atoms with Gasteiger partial charge in [0.25, 0.3) is 15.9 Å². The number of aryl methyl sites for hydroxylation is 1. The molecule has 3 rings (SSSR count). The second kappa shape index (κ2) is 7.46. The molecular weight excluding hydrogens is 375 g/mol. The third kappa shape index (κ3) is 3.97. The Bertz CT molecular complexity index is 916. The molecule has 5 nitrogen and oxygen atoms in total. The summed E-state index contributed by atoms with van der Waals surface area (Å²) in [5, 5.41) is 2.60. The number of hydrogen-bond donors (Lipinski definition) is 1. The lowest BCUT2D eigenvalue weighted by Crippen LogP contribution is -2.37. The summed E-state index contributed by atoms with van der Waals surface area (Å²) in [5.74, 6) is -0.329. The van der Waals surface area contributed by atoms with Gasteiger partial charge in [0, 0.05) is 18.8 Å². The van der Waals surface area contributed by atoms with E-state index in [1.807, 2.05) is 0 Å². The molecule has 1 fully saturated rings. The zero-order valence-corrected chi connectivity index (χ0v) is 16.3. The smallest absolute Gasteiger partial charge is 0.265 e. The van der Waals surface area contributed by atoms with Crippen LogP contribution in [0.1, 0.15) is 35.0 Å². The molecule has 1 saturated heterocycles. The van der Waals surface area contributed by atoms with E-state index in [1.54, 1.807) is 19.1 Å². The number of sulfonamides is 1. The van der Waals surface area contributed by atoms with Crippen LogP contribution < -0.4 is 5.32 Å². The van der Waals surface area contributed by atoms with Crippen LogP contribution in [0.2, 0.25) is 0 Å². The minimum atomic E-state index is -3.57. The number of nitrogens with zero attached hydrogens (tertiary/aromatic N) is 1. The molecule has 0 aliphatic carbocycles. The van der Waals surface area contributed by atoms with Crippen molar-refractivity contribution >= 4 is 33.0 Å². The molecule has 140 valence electrons. The van der Waals surface area contributed by atoms with Gasteiger partial charge in [0.15, 0.2) is 0 Å². The van der Waals surface area contributed by atoms with Crippen molar-refractivity contribution in [2.24, 2.45) is 5.92 Å². The summed E-state index contributed by atoms with van der Waals surface area (Å²) in [5.41, 5.74) is 0.823. The van der Waals surface area contributed by atoms with Gasteiger partial charge < -0.3 is 5.32 Å². The van der Waals surface area contributed by atoms with E-state index in [9.17, 15) is 17.6 Å². The predicted molar refractivity (Wildman–Crippen MR) is 101 cm³/mol. The Labute approximate surface area is 156 Å². The van der Waals surface area contributed by atoms with Gasteiger partial charge in [0.05, 0.1) is 4.88 Å². The van der Waals surface area contributed by atoms with E-state index in [-0.39, 0.29) is 9.09 Å². The number of amides is 1. The van der Waals surface area contributed by atoms with E-state index in [1.165, 1.54) is 22.5 Å². The molecule has 0 atom stereocenters. The Morgan fingerprint density at radius 2 is 1.92 bits per heavy atom. The van der Waals surface area contributed by atoms with Gasteiger partial charge in [0.2, 0.25) is 0 Å². The van der Waals surface area contributed by atoms with Crippen LogP contribution in [-0.4, -0.2) is 31.7 Å². The Morgan fingerprint density at radius 3 is 2.58 bits per heavy atom. The second-order valence-electron chi connectivity index (χ2n) is 6.62. The maximum atomic E-state index is 13.6. The number of benzene rings is 1. The standard InChI is InChI=1S/C18H21FN2O3S2/c1-12-7-9-21(10-8-12)26(23,24)17-6-5-16(25-17)18(22)20-14-4-3-13(2)15(19)11-14/h3-6,11-12H,7-10H2,1-2H3,(H,20,22). The topological polar surface area (TPSA) is 66.5 Å². The Hall–Kier alpha value is -1.77. The molecule has 0 bridgehead atoms. The lowest BCUT2D eigenvalue weighted by atomic mass is 10.0. The maximum absolute atomic E-state index is 13.6. The first-order chi connectivity index (χ1) is 12.3. The highest BCUT2D eigenvalue weighted by Crippen LogP contribution is 2.29. The second-order valence-corrected chi connectivity index (χ2v) is 9.87. The summed E-state index contributed by atoms with van der Waals surface area (Å²) in [6, 6.07) is 7.38. The number of piperidine rings is 1. The molecule has 1 aliphatic rings. The molecule has 8 heteroatoms. The summed E-state index contributed by atoms with van der Waals surface area (Å²) >= 11 is 0.934. The summed E-state index contributed by atoms with van der Waals surface area (Å²) < 4.78 is 40.7. The van der Waals surface area contributed by atoms with E-state index in [0.717, 1.165) is 24.2 Å². The zero-order chi connectivity index (χ0) is 18.9. The third-order valence-electron chi connectivity index (χ3n) is 4.57. The number of carbonyl (C=O) groups is 1. The highest BCUT2D eigenvalue weighted by molar-refractivity contribution is 7.91. The number of rotatable bonds is 4. The van der Waals surface area contributed by atoms with Crippen molar-refractivity contribution < 1.29 is 17.6 Å². The van der Waals surface area contributed by atoms with Crippen LogP contribution >= 0.6 is 11.3 Å². The van der Waals surface area contributed by atoms with Crippen LogP contribution in [-0.2, 0) is 10.0 Å². The van der Waals surface area contributed by atoms with E-state index in [4.69, 9.17) is 0 Å². The molecule has 0 spiro atoms. The number of halogens is 1. The Balaban J connectivity index is 1.74. The number of anilines is 1. The molecule has 1 N–H and O–H groups in total. The van der Waals surface area contributed by atoms with E-state index < -0.39 is 21.7 Å². The van der Waals surface area contributed by atoms with Crippen LogP contribution in [0.5, 0.6) is 0 Å². The minimum Gasteiger partial charge on any atom is -0.321 e. The van der Waals surface area contributed by atoms with Crippen molar-refractivity contribution in [1.82, 2.24) is 4.31 Å². The van der Waals surface area contributed by atoms with Gasteiger partial charge >= 0.3 is 0 Å². The van der Waals surface area contributed by atoms with E-state index >= 15 is 0 Å². The normalized spacial score (nSPS) is 16.6. The lowest BCUT2D eigenvalue weighted by molar-refractivity contribution is 0.103. The number of hydrogen-bond acceptors (Lipinski definition) is 4. The molecule has 1 aliphatic heterocycles. The van der Waals surface area contributed by atoms with Crippen molar-refractivity contribution in [1.29, 1.82) is 0 Å². The average molecular weight is 397 g/mol. The monoisotopic (exact) mass is 396 g/mol. The fourth-order valence-electron chi connectivity index (χ4n) is 2.80. The van der Waals surface area contributed by atoms with E-state index in [0.29, 0.717) is 30.3 Å². The minimum absolute atomic E-state index is 0.160. The van der Waals surface area contributed by atoms with Crippen LogP contribution in [0.3, 0.4) is 0 Å². The Morgan fingerprint density at radius 1 is 1.23 bits per heavy atom. The fraction of sp³-hybridized carbons (Fsp3) is 0.389. The third-order valence-corrected chi connectivity index (χ3v) is 8.02. The molecule has 0 radical (unpaired) electrons. The fourth-order valence-corrected chi connectivity index (χ4v) is 5.62. The lowest BCUT2D eigenvalue weighted by Gasteiger charge is -2.28. The van der Waals surface area contributed by atoms with Crippen molar-refractivity contribution in [3.8, 4) is 0 Å². The van der Waals surface area contributed by atoms with E-state index in [2.05, 4.69) is 12.2 Å². The molecule has 2 heterocycles. The molecule has 1 aromatic heterocycles. The first-order valence-electron chi connectivity index (χ1n) is 8.45. The average Bonchev–Trinajstić information content (AvgIpc) is 3.10. The van der Waals surface area contributed by atoms with Gasteiger partial charge in [-0.1, -0.05) is 13.0 Å². The van der Waals surface area contributed by atoms with Gasteiger partial charge in [0.1, 0.15) is 10.0 Å². The first-order valence-corrected chi connectivity index (χ1v) is 10.7. The highest BCUT2D eigenvalue weighted by Gasteiger charge is 2.29. The van der Waals surface area contributed by atoms with Gasteiger partial charge in [-0.3, -0.25) is 4.79 Å². The maximum Gasteiger partial charge on any atom is 0.265 e. The Kier molecular flexibility index (Phi) is 5.45. The summed E-state index contributed by atoms with van der Waals surface area (Å²) in [7, 11) is -3.57. The molecule has 1 aromatic carbocycles. The van der Waals surface area contributed by atoms with Gasteiger partial charge in [-0.15, -0.1) is 11.3 Å². The SMILES string of the molecule is Cc1ccc(NC(=O)c2ccc(S(=O)(=O)N3CCC(C)CC3)s2)cc1F. The van der Waals surface area contributed by atoms with Crippen molar-refractivity contribution in [2.45, 2.75) is 30.9 Å². The van der Waals surface area contributed by atoms with Crippen LogP contribution in [0, 0.1) is 18.7 Å². The van der Waals surface area contributed by atoms with Crippen LogP contribution in [0.15, 0.2) is 34.5 Å². The zero-order valence-electron chi connectivity index (χ0n) is 14.7. The molecule has 0 saturated carbocycles. The van der Waals surface area contributed by atoms with Crippen molar-refractivity contribution in [3.63, 3.8) is 0 Å². The summed E-state index contributed by atoms with van der Waals surface area (Å²) in [4.78, 5) is 12.6. The predicted octanol–water partition coefficient (Wildman–Crippen LogP) is 3.87. The number of carbonyl (C=O) groups excluding carboxylic acids is 1. The van der Waals surface area contributed by atoms with Crippen molar-refractivity contribution in [3.05, 3.63) is 46.6 Å². The quantitative estimate of drug-likeness (QED) is 0.853. The highest BCUT2D eigenvalue weighted by atomic mass is 32.2. The largest absolute Gasteiger partial charge is 0.321 e. The van der Waals surface area contributed by atoms with Crippen LogP contribution in [0.25, 0.3) is 0 Å². The summed E-state index contributed by atoms with van der Waals surface area (Å²) in [6.45, 7) is 4.77. The molecule has 2 aromatic rings. The molecule has 26 heavy (non-hydrogen) atoms.